The summed E-state index contributed by atoms with van der Waals surface area (Å²) in [4.78, 5) is 13.6. The number of hydrogen-bond acceptors (Lipinski definition) is 6. The number of benzene rings is 2. The molecule has 2 aromatic rings. The number of Topliss-reactive ketones (excluding diaryl/α,β-unsaturated/α-hetero) is 1. The molecule has 6 heteroatoms. The van der Waals surface area contributed by atoms with E-state index in [1.165, 1.54) is 0 Å². The second-order valence-corrected chi connectivity index (χ2v) is 7.78. The quantitative estimate of drug-likeness (QED) is 0.536. The summed E-state index contributed by atoms with van der Waals surface area (Å²) in [7, 11) is 6.37. The van der Waals surface area contributed by atoms with Crippen LogP contribution in [-0.2, 0) is 4.74 Å². The zero-order valence-corrected chi connectivity index (χ0v) is 18.4. The summed E-state index contributed by atoms with van der Waals surface area (Å²) >= 11 is 0. The van der Waals surface area contributed by atoms with Crippen LogP contribution >= 0.6 is 0 Å². The molecule has 1 fully saturated rings. The lowest BCUT2D eigenvalue weighted by Crippen LogP contribution is -2.32. The predicted octanol–water partition coefficient (Wildman–Crippen LogP) is 4.38. The molecule has 0 aliphatic heterocycles. The topological polar surface area (TPSA) is 80.0 Å². The number of methoxy groups -OCH3 is 4. The maximum atomic E-state index is 13.6. The van der Waals surface area contributed by atoms with Crippen LogP contribution in [0.5, 0.6) is 17.2 Å². The van der Waals surface area contributed by atoms with Crippen molar-refractivity contribution in [1.29, 1.82) is 0 Å². The number of ketones is 1. The second-order valence-electron chi connectivity index (χ2n) is 7.78. The average Bonchev–Trinajstić information content (AvgIpc) is 2.78. The highest BCUT2D eigenvalue weighted by atomic mass is 16.5. The summed E-state index contributed by atoms with van der Waals surface area (Å²) in [6.45, 7) is 1.98. The minimum Gasteiger partial charge on any atom is -0.493 e. The molecule has 162 valence electrons. The highest BCUT2D eigenvalue weighted by molar-refractivity contribution is 5.99. The Bertz CT molecular complexity index is 885. The van der Waals surface area contributed by atoms with Crippen LogP contribution in [0, 0.1) is 12.8 Å². The summed E-state index contributed by atoms with van der Waals surface area (Å²) < 4.78 is 21.9. The number of carbonyl (C=O) groups excluding carboxylic acids is 1. The molecule has 0 aromatic heterocycles. The lowest BCUT2D eigenvalue weighted by atomic mass is 9.71. The van der Waals surface area contributed by atoms with Gasteiger partial charge in [-0.25, -0.2) is 0 Å². The molecular formula is C24H31NO5. The molecule has 0 amide bonds. The minimum absolute atomic E-state index is 0.0261. The number of anilines is 1. The van der Waals surface area contributed by atoms with Crippen molar-refractivity contribution in [3.8, 4) is 17.2 Å². The lowest BCUT2D eigenvalue weighted by molar-refractivity contribution is 0.0431. The average molecular weight is 414 g/mol. The fourth-order valence-corrected chi connectivity index (χ4v) is 4.36. The number of nitrogen functional groups attached to an aromatic ring is 1. The van der Waals surface area contributed by atoms with Gasteiger partial charge in [0.15, 0.2) is 17.3 Å². The van der Waals surface area contributed by atoms with Crippen LogP contribution in [0.3, 0.4) is 0 Å². The normalized spacial score (nSPS) is 21.2. The lowest BCUT2D eigenvalue weighted by Gasteiger charge is -2.35. The zero-order valence-electron chi connectivity index (χ0n) is 18.4. The van der Waals surface area contributed by atoms with Gasteiger partial charge < -0.3 is 24.7 Å². The number of rotatable bonds is 7. The van der Waals surface area contributed by atoms with Gasteiger partial charge in [-0.3, -0.25) is 4.79 Å². The Labute approximate surface area is 178 Å². The Morgan fingerprint density at radius 2 is 1.63 bits per heavy atom. The summed E-state index contributed by atoms with van der Waals surface area (Å²) in [5.74, 6) is 1.33. The first-order valence-corrected chi connectivity index (χ1v) is 10.2. The molecule has 0 bridgehead atoms. The Morgan fingerprint density at radius 1 is 0.967 bits per heavy atom. The van der Waals surface area contributed by atoms with Crippen molar-refractivity contribution in [2.75, 3.05) is 34.2 Å². The summed E-state index contributed by atoms with van der Waals surface area (Å²) in [6, 6.07) is 9.54. The molecule has 3 atom stereocenters. The fourth-order valence-electron chi connectivity index (χ4n) is 4.36. The van der Waals surface area contributed by atoms with Crippen molar-refractivity contribution < 1.29 is 23.7 Å². The van der Waals surface area contributed by atoms with Crippen LogP contribution in [0.2, 0.25) is 0 Å². The van der Waals surface area contributed by atoms with Gasteiger partial charge in [0.25, 0.3) is 0 Å². The first-order chi connectivity index (χ1) is 14.4. The Balaban J connectivity index is 2.00. The fraction of sp³-hybridized carbons (Fsp3) is 0.458. The third-order valence-corrected chi connectivity index (χ3v) is 6.15. The van der Waals surface area contributed by atoms with Crippen LogP contribution in [0.15, 0.2) is 30.3 Å². The van der Waals surface area contributed by atoms with Gasteiger partial charge in [-0.2, -0.15) is 0 Å². The van der Waals surface area contributed by atoms with Gasteiger partial charge in [0.05, 0.1) is 27.4 Å². The zero-order chi connectivity index (χ0) is 21.8. The molecule has 1 saturated carbocycles. The molecule has 1 aliphatic carbocycles. The molecule has 0 spiro atoms. The van der Waals surface area contributed by atoms with E-state index in [1.807, 2.05) is 19.1 Å². The number of nitrogens with two attached hydrogens (primary N) is 1. The van der Waals surface area contributed by atoms with Crippen molar-refractivity contribution in [3.63, 3.8) is 0 Å². The van der Waals surface area contributed by atoms with Crippen LogP contribution in [0.4, 0.5) is 5.69 Å². The SMILES string of the molecule is COc1cc(C(=O)C2CCC(OC)CC2c2ccc(C)c(N)c2)cc(OC)c1OC. The summed E-state index contributed by atoms with van der Waals surface area (Å²) in [5, 5.41) is 0. The molecule has 3 rings (SSSR count). The highest BCUT2D eigenvalue weighted by Gasteiger charge is 2.37. The van der Waals surface area contributed by atoms with Crippen molar-refractivity contribution in [2.24, 2.45) is 5.92 Å². The van der Waals surface area contributed by atoms with Crippen molar-refractivity contribution in [1.82, 2.24) is 0 Å². The van der Waals surface area contributed by atoms with Gasteiger partial charge in [0.2, 0.25) is 5.75 Å². The number of aryl methyl sites for hydroxylation is 1. The standard InChI is InChI=1S/C24H31NO5/c1-14-6-7-15(10-20(14)25)19-13-17(27-2)8-9-18(19)23(26)16-11-21(28-3)24(30-5)22(12-16)29-4/h6-7,10-12,17-19H,8-9,13,25H2,1-5H3. The number of hydrogen-bond donors (Lipinski definition) is 1. The van der Waals surface area contributed by atoms with Crippen molar-refractivity contribution >= 4 is 11.5 Å². The van der Waals surface area contributed by atoms with E-state index in [4.69, 9.17) is 24.7 Å². The minimum atomic E-state index is -0.179. The molecular weight excluding hydrogens is 382 g/mol. The predicted molar refractivity (Wildman–Crippen MR) is 117 cm³/mol. The van der Waals surface area contributed by atoms with E-state index < -0.39 is 0 Å². The largest absolute Gasteiger partial charge is 0.493 e. The van der Waals surface area contributed by atoms with E-state index in [0.717, 1.165) is 36.1 Å². The van der Waals surface area contributed by atoms with Crippen LogP contribution in [0.1, 0.15) is 46.7 Å². The first-order valence-electron chi connectivity index (χ1n) is 10.2. The van der Waals surface area contributed by atoms with E-state index >= 15 is 0 Å². The summed E-state index contributed by atoms with van der Waals surface area (Å²) in [6.07, 6.45) is 2.49. The Kier molecular flexibility index (Phi) is 6.87. The molecule has 2 aromatic carbocycles. The number of ether oxygens (including phenoxy) is 4. The van der Waals surface area contributed by atoms with Gasteiger partial charge in [-0.1, -0.05) is 12.1 Å². The van der Waals surface area contributed by atoms with Gasteiger partial charge in [0.1, 0.15) is 0 Å². The van der Waals surface area contributed by atoms with Gasteiger partial charge >= 0.3 is 0 Å². The monoisotopic (exact) mass is 413 g/mol. The third-order valence-electron chi connectivity index (χ3n) is 6.15. The highest BCUT2D eigenvalue weighted by Crippen LogP contribution is 2.44. The van der Waals surface area contributed by atoms with E-state index in [9.17, 15) is 4.79 Å². The molecule has 0 radical (unpaired) electrons. The molecule has 1 aliphatic rings. The Hall–Kier alpha value is -2.73. The molecule has 0 saturated heterocycles. The molecule has 6 nitrogen and oxygen atoms in total. The van der Waals surface area contributed by atoms with Crippen molar-refractivity contribution in [3.05, 3.63) is 47.0 Å². The third kappa shape index (κ3) is 4.24. The molecule has 3 unspecified atom stereocenters. The number of carbonyl (C=O) groups is 1. The van der Waals surface area contributed by atoms with E-state index in [0.29, 0.717) is 22.8 Å². The first kappa shape index (κ1) is 22.0. The van der Waals surface area contributed by atoms with Crippen LogP contribution < -0.4 is 19.9 Å². The van der Waals surface area contributed by atoms with E-state index in [1.54, 1.807) is 40.6 Å². The van der Waals surface area contributed by atoms with Crippen molar-refractivity contribution in [2.45, 2.75) is 38.2 Å². The molecule has 2 N–H and O–H groups in total. The maximum absolute atomic E-state index is 13.6. The molecule has 30 heavy (non-hydrogen) atoms. The molecule has 0 heterocycles. The smallest absolute Gasteiger partial charge is 0.203 e. The Morgan fingerprint density at radius 3 is 2.17 bits per heavy atom. The van der Waals surface area contributed by atoms with E-state index in [2.05, 4.69) is 6.07 Å². The summed E-state index contributed by atoms with van der Waals surface area (Å²) in [5.41, 5.74) is 9.57. The van der Waals surface area contributed by atoms with Gasteiger partial charge in [-0.15, -0.1) is 0 Å². The van der Waals surface area contributed by atoms with Crippen LogP contribution in [0.25, 0.3) is 0 Å². The second kappa shape index (κ2) is 9.39. The maximum Gasteiger partial charge on any atom is 0.203 e. The van der Waals surface area contributed by atoms with Gasteiger partial charge in [0, 0.05) is 24.3 Å². The van der Waals surface area contributed by atoms with Crippen LogP contribution in [-0.4, -0.2) is 40.3 Å². The van der Waals surface area contributed by atoms with Gasteiger partial charge in [-0.05, 0) is 61.4 Å². The van der Waals surface area contributed by atoms with E-state index in [-0.39, 0.29) is 23.7 Å².